The molecule has 0 saturated carbocycles. The lowest BCUT2D eigenvalue weighted by molar-refractivity contribution is -0.117. The molecule has 2 N–H and O–H groups in total. The molecule has 1 aromatic carbocycles. The summed E-state index contributed by atoms with van der Waals surface area (Å²) in [4.78, 5) is 38.8. The molecule has 1 fully saturated rings. The molecule has 31 heavy (non-hydrogen) atoms. The maximum atomic E-state index is 12.6. The number of nitrogens with one attached hydrogen (secondary N) is 2. The Morgan fingerprint density at radius 1 is 1.19 bits per heavy atom. The minimum atomic E-state index is -0.253. The number of furan rings is 1. The van der Waals surface area contributed by atoms with E-state index in [1.807, 2.05) is 23.1 Å². The Morgan fingerprint density at radius 3 is 2.61 bits per heavy atom. The van der Waals surface area contributed by atoms with Gasteiger partial charge in [-0.2, -0.15) is 0 Å². The van der Waals surface area contributed by atoms with Crippen molar-refractivity contribution in [1.29, 1.82) is 0 Å². The smallest absolute Gasteiger partial charge is 0.273 e. The van der Waals surface area contributed by atoms with Gasteiger partial charge in [-0.1, -0.05) is 17.3 Å². The van der Waals surface area contributed by atoms with Gasteiger partial charge in [0.15, 0.2) is 17.2 Å². The summed E-state index contributed by atoms with van der Waals surface area (Å²) in [5.41, 5.74) is 1.24. The predicted octanol–water partition coefficient (Wildman–Crippen LogP) is 2.76. The Balaban J connectivity index is 1.32. The maximum Gasteiger partial charge on any atom is 0.273 e. The number of Topliss-reactive ketones (excluding diaryl/α,β-unsaturated/α-hetero) is 1. The number of aromatic nitrogens is 1. The molecule has 1 saturated heterocycles. The van der Waals surface area contributed by atoms with Crippen LogP contribution in [0.3, 0.4) is 0 Å². The molecule has 1 aliphatic rings. The number of fused-ring (bicyclic) bond motifs is 1. The Morgan fingerprint density at radius 2 is 1.94 bits per heavy atom. The van der Waals surface area contributed by atoms with Crippen LogP contribution >= 0.6 is 0 Å². The van der Waals surface area contributed by atoms with Crippen molar-refractivity contribution in [3.63, 3.8) is 0 Å². The van der Waals surface area contributed by atoms with Crippen molar-refractivity contribution >= 4 is 34.3 Å². The van der Waals surface area contributed by atoms with Gasteiger partial charge in [0.05, 0.1) is 12.2 Å². The molecule has 9 nitrogen and oxygen atoms in total. The second-order valence-electron chi connectivity index (χ2n) is 7.75. The summed E-state index contributed by atoms with van der Waals surface area (Å²) in [6.07, 6.45) is 1.45. The van der Waals surface area contributed by atoms with Crippen molar-refractivity contribution in [2.24, 2.45) is 0 Å². The average Bonchev–Trinajstić information content (AvgIpc) is 3.34. The summed E-state index contributed by atoms with van der Waals surface area (Å²) in [5.74, 6) is 0.0278. The fourth-order valence-electron chi connectivity index (χ4n) is 3.77. The van der Waals surface area contributed by atoms with Gasteiger partial charge in [0.2, 0.25) is 5.91 Å². The summed E-state index contributed by atoms with van der Waals surface area (Å²) >= 11 is 0. The number of hydrogen-bond acceptors (Lipinski definition) is 7. The van der Waals surface area contributed by atoms with Crippen molar-refractivity contribution in [2.45, 2.75) is 32.7 Å². The zero-order chi connectivity index (χ0) is 22.0. The number of piperidine rings is 1. The van der Waals surface area contributed by atoms with Gasteiger partial charge < -0.3 is 19.6 Å². The van der Waals surface area contributed by atoms with E-state index in [-0.39, 0.29) is 41.6 Å². The molecule has 9 heteroatoms. The zero-order valence-corrected chi connectivity index (χ0v) is 17.4. The molecule has 3 aromatic rings. The molecule has 0 bridgehead atoms. The Bertz CT molecular complexity index is 1120. The number of ketones is 1. The number of nitrogens with zero attached hydrogens (tertiary/aromatic N) is 2. The van der Waals surface area contributed by atoms with Crippen LogP contribution in [-0.2, 0) is 4.79 Å². The molecule has 0 atom stereocenters. The number of carbonyl (C=O) groups excluding carboxylic acids is 3. The SMILES string of the molecule is CC(=O)c1oc2ccccc2c1NC(=O)CN1CCC(NC(=O)c2cc(C)on2)CC1. The van der Waals surface area contributed by atoms with Crippen LogP contribution < -0.4 is 10.6 Å². The number of carbonyl (C=O) groups is 3. The number of rotatable bonds is 6. The van der Waals surface area contributed by atoms with E-state index in [2.05, 4.69) is 15.8 Å². The zero-order valence-electron chi connectivity index (χ0n) is 17.4. The fraction of sp³-hybridized carbons (Fsp3) is 0.364. The second kappa shape index (κ2) is 8.73. The van der Waals surface area contributed by atoms with E-state index < -0.39 is 0 Å². The molecular formula is C22H24N4O5. The highest BCUT2D eigenvalue weighted by molar-refractivity contribution is 6.11. The van der Waals surface area contributed by atoms with Crippen LogP contribution in [0.25, 0.3) is 11.0 Å². The van der Waals surface area contributed by atoms with Gasteiger partial charge in [-0.05, 0) is 31.9 Å². The van der Waals surface area contributed by atoms with E-state index in [1.54, 1.807) is 19.1 Å². The van der Waals surface area contributed by atoms with Crippen LogP contribution in [0.5, 0.6) is 0 Å². The van der Waals surface area contributed by atoms with Crippen molar-refractivity contribution in [3.05, 3.63) is 47.5 Å². The number of para-hydroxylation sites is 1. The van der Waals surface area contributed by atoms with Crippen LogP contribution in [0, 0.1) is 6.92 Å². The molecule has 4 rings (SSSR count). The summed E-state index contributed by atoms with van der Waals surface area (Å²) in [7, 11) is 0. The van der Waals surface area contributed by atoms with Crippen molar-refractivity contribution in [3.8, 4) is 0 Å². The highest BCUT2D eigenvalue weighted by Gasteiger charge is 2.25. The summed E-state index contributed by atoms with van der Waals surface area (Å²) in [6, 6.07) is 8.84. The van der Waals surface area contributed by atoms with Gasteiger partial charge >= 0.3 is 0 Å². The van der Waals surface area contributed by atoms with Crippen LogP contribution in [0.2, 0.25) is 0 Å². The van der Waals surface area contributed by atoms with E-state index in [0.717, 1.165) is 12.8 Å². The highest BCUT2D eigenvalue weighted by atomic mass is 16.5. The first-order valence-electron chi connectivity index (χ1n) is 10.2. The number of hydrogen-bond donors (Lipinski definition) is 2. The number of benzene rings is 1. The number of likely N-dealkylation sites (tertiary alicyclic amines) is 1. The topological polar surface area (TPSA) is 118 Å². The summed E-state index contributed by atoms with van der Waals surface area (Å²) in [5, 5.41) is 10.2. The first-order valence-corrected chi connectivity index (χ1v) is 10.2. The predicted molar refractivity (Wildman–Crippen MR) is 113 cm³/mol. The summed E-state index contributed by atoms with van der Waals surface area (Å²) in [6.45, 7) is 4.68. The highest BCUT2D eigenvalue weighted by Crippen LogP contribution is 2.31. The minimum Gasteiger partial charge on any atom is -0.451 e. The molecule has 2 amide bonds. The number of amides is 2. The summed E-state index contributed by atoms with van der Waals surface area (Å²) < 4.78 is 10.5. The van der Waals surface area contributed by atoms with Gasteiger partial charge in [0.25, 0.3) is 5.91 Å². The largest absolute Gasteiger partial charge is 0.451 e. The fourth-order valence-corrected chi connectivity index (χ4v) is 3.77. The Hall–Kier alpha value is -3.46. The minimum absolute atomic E-state index is 0.0194. The molecule has 162 valence electrons. The molecule has 0 radical (unpaired) electrons. The lowest BCUT2D eigenvalue weighted by atomic mass is 10.0. The monoisotopic (exact) mass is 424 g/mol. The molecule has 0 unspecified atom stereocenters. The van der Waals surface area contributed by atoms with Crippen LogP contribution in [-0.4, -0.2) is 53.3 Å². The number of anilines is 1. The van der Waals surface area contributed by atoms with Gasteiger partial charge in [-0.15, -0.1) is 0 Å². The van der Waals surface area contributed by atoms with Crippen LogP contribution in [0.15, 0.2) is 39.3 Å². The quantitative estimate of drug-likeness (QED) is 0.584. The standard InChI is InChI=1S/C22H24N4O5/c1-13-11-17(25-31-13)22(29)23-15-7-9-26(10-8-15)12-19(28)24-20-16-5-3-4-6-18(16)30-21(20)14(2)27/h3-6,11,15H,7-10,12H2,1-2H3,(H,23,29)(H,24,28). The van der Waals surface area contributed by atoms with Crippen molar-refractivity contribution < 1.29 is 23.3 Å². The molecule has 2 aromatic heterocycles. The van der Waals surface area contributed by atoms with Crippen LogP contribution in [0.4, 0.5) is 5.69 Å². The third-order valence-corrected chi connectivity index (χ3v) is 5.33. The van der Waals surface area contributed by atoms with E-state index in [1.165, 1.54) is 6.92 Å². The lowest BCUT2D eigenvalue weighted by Crippen LogP contribution is -2.46. The van der Waals surface area contributed by atoms with Gasteiger partial charge in [0, 0.05) is 37.5 Å². The third kappa shape index (κ3) is 4.66. The first kappa shape index (κ1) is 20.8. The average molecular weight is 424 g/mol. The number of aryl methyl sites for hydroxylation is 1. The van der Waals surface area contributed by atoms with Gasteiger partial charge in [-0.3, -0.25) is 19.3 Å². The third-order valence-electron chi connectivity index (χ3n) is 5.33. The molecule has 3 heterocycles. The lowest BCUT2D eigenvalue weighted by Gasteiger charge is -2.31. The Labute approximate surface area is 178 Å². The van der Waals surface area contributed by atoms with Gasteiger partial charge in [0.1, 0.15) is 11.3 Å². The van der Waals surface area contributed by atoms with E-state index in [0.29, 0.717) is 35.5 Å². The first-order chi connectivity index (χ1) is 14.9. The Kier molecular flexibility index (Phi) is 5.85. The molecule has 0 aliphatic carbocycles. The van der Waals surface area contributed by atoms with E-state index in [4.69, 9.17) is 8.94 Å². The second-order valence-corrected chi connectivity index (χ2v) is 7.75. The van der Waals surface area contributed by atoms with Gasteiger partial charge in [-0.25, -0.2) is 0 Å². The van der Waals surface area contributed by atoms with Crippen molar-refractivity contribution in [2.75, 3.05) is 25.0 Å². The van der Waals surface area contributed by atoms with E-state index in [9.17, 15) is 14.4 Å². The van der Waals surface area contributed by atoms with Crippen LogP contribution in [0.1, 0.15) is 46.6 Å². The maximum absolute atomic E-state index is 12.6. The molecule has 1 aliphatic heterocycles. The van der Waals surface area contributed by atoms with Crippen molar-refractivity contribution in [1.82, 2.24) is 15.4 Å². The molecule has 0 spiro atoms. The molecular weight excluding hydrogens is 400 g/mol. The normalized spacial score (nSPS) is 15.2. The van der Waals surface area contributed by atoms with E-state index >= 15 is 0 Å².